The Bertz CT molecular complexity index is 877. The smallest absolute Gasteiger partial charge is 0.248 e. The average molecular weight is 375 g/mol. The normalized spacial score (nSPS) is 12.7. The largest absolute Gasteiger partial charge is 0.324 e. The van der Waals surface area contributed by atoms with E-state index in [0.29, 0.717) is 5.69 Å². The van der Waals surface area contributed by atoms with E-state index in [0.717, 1.165) is 27.4 Å². The van der Waals surface area contributed by atoms with Crippen molar-refractivity contribution in [3.05, 3.63) is 59.7 Å². The molecule has 1 atom stereocenters. The Morgan fingerprint density at radius 3 is 2.15 bits per heavy atom. The molecule has 0 aromatic heterocycles. The average Bonchev–Trinajstić information content (AvgIpc) is 2.56. The van der Waals surface area contributed by atoms with Crippen LogP contribution in [0.25, 0.3) is 0 Å². The summed E-state index contributed by atoms with van der Waals surface area (Å²) in [5, 5.41) is 2.94. The fourth-order valence-corrected chi connectivity index (χ4v) is 4.13. The molecule has 0 unspecified atom stereocenters. The predicted molar refractivity (Wildman–Crippen MR) is 107 cm³/mol. The first-order chi connectivity index (χ1) is 12.1. The monoisotopic (exact) mass is 374 g/mol. The van der Waals surface area contributed by atoms with Crippen molar-refractivity contribution in [1.82, 2.24) is 0 Å². The Morgan fingerprint density at radius 1 is 1.00 bits per heavy atom. The van der Waals surface area contributed by atoms with Gasteiger partial charge >= 0.3 is 0 Å². The summed E-state index contributed by atoms with van der Waals surface area (Å²) in [5.41, 5.74) is 3.19. The molecular formula is C20H26N2O3S. The van der Waals surface area contributed by atoms with Crippen LogP contribution in [-0.4, -0.2) is 26.6 Å². The lowest BCUT2D eigenvalue weighted by atomic mass is 9.98. The third-order valence-electron chi connectivity index (χ3n) is 4.27. The fraction of sp³-hybridized carbons (Fsp3) is 0.350. The summed E-state index contributed by atoms with van der Waals surface area (Å²) in [5.74, 6) is -0.129. The Morgan fingerprint density at radius 2 is 1.62 bits per heavy atom. The molecule has 0 aliphatic rings. The number of rotatable bonds is 6. The maximum atomic E-state index is 12.9. The predicted octanol–water partition coefficient (Wildman–Crippen LogP) is 3.91. The first kappa shape index (κ1) is 20.0. The second kappa shape index (κ2) is 7.91. The van der Waals surface area contributed by atoms with Crippen molar-refractivity contribution in [1.29, 1.82) is 0 Å². The molecule has 140 valence electrons. The van der Waals surface area contributed by atoms with Crippen molar-refractivity contribution in [2.75, 3.05) is 15.9 Å². The molecule has 1 amide bonds. The van der Waals surface area contributed by atoms with E-state index in [4.69, 9.17) is 0 Å². The minimum atomic E-state index is -3.62. The number of carbonyl (C=O) groups is 1. The topological polar surface area (TPSA) is 66.5 Å². The first-order valence-electron chi connectivity index (χ1n) is 8.57. The van der Waals surface area contributed by atoms with E-state index in [1.807, 2.05) is 25.1 Å². The van der Waals surface area contributed by atoms with Gasteiger partial charge in [0.25, 0.3) is 0 Å². The number of nitrogens with zero attached hydrogens (tertiary/aromatic N) is 1. The number of hydrogen-bond donors (Lipinski definition) is 1. The van der Waals surface area contributed by atoms with Crippen LogP contribution in [0.5, 0.6) is 0 Å². The molecular weight excluding hydrogens is 348 g/mol. The van der Waals surface area contributed by atoms with Gasteiger partial charge in [-0.2, -0.15) is 0 Å². The molecule has 0 spiro atoms. The summed E-state index contributed by atoms with van der Waals surface area (Å²) in [7, 11) is -3.62. The first-order valence-corrected chi connectivity index (χ1v) is 10.4. The van der Waals surface area contributed by atoms with Crippen LogP contribution in [0.1, 0.15) is 37.8 Å². The number of anilines is 2. The molecule has 0 radical (unpaired) electrons. The van der Waals surface area contributed by atoms with Crippen LogP contribution in [0.2, 0.25) is 0 Å². The van der Waals surface area contributed by atoms with Gasteiger partial charge in [-0.1, -0.05) is 50.2 Å². The number of sulfonamides is 1. The molecule has 0 aliphatic heterocycles. The van der Waals surface area contributed by atoms with Crippen molar-refractivity contribution in [2.45, 2.75) is 39.7 Å². The molecule has 6 heteroatoms. The summed E-state index contributed by atoms with van der Waals surface area (Å²) in [6.07, 6.45) is 1.11. The van der Waals surface area contributed by atoms with Gasteiger partial charge in [0, 0.05) is 5.69 Å². The molecule has 1 N–H and O–H groups in total. The lowest BCUT2D eigenvalue weighted by Gasteiger charge is -2.29. The molecule has 2 aromatic carbocycles. The second-order valence-electron chi connectivity index (χ2n) is 6.75. The molecule has 2 aromatic rings. The lowest BCUT2D eigenvalue weighted by Crippen LogP contribution is -2.45. The van der Waals surface area contributed by atoms with E-state index >= 15 is 0 Å². The van der Waals surface area contributed by atoms with Gasteiger partial charge in [0.2, 0.25) is 15.9 Å². The summed E-state index contributed by atoms with van der Waals surface area (Å²) < 4.78 is 25.8. The molecule has 2 rings (SSSR count). The Labute approximate surface area is 156 Å². The summed E-state index contributed by atoms with van der Waals surface area (Å²) >= 11 is 0. The van der Waals surface area contributed by atoms with Crippen molar-refractivity contribution in [2.24, 2.45) is 0 Å². The highest BCUT2D eigenvalue weighted by Crippen LogP contribution is 2.28. The molecule has 0 heterocycles. The molecule has 0 fully saturated rings. The van der Waals surface area contributed by atoms with Crippen LogP contribution in [0.3, 0.4) is 0 Å². The Balaban J connectivity index is 2.37. The van der Waals surface area contributed by atoms with E-state index < -0.39 is 16.1 Å². The van der Waals surface area contributed by atoms with Crippen LogP contribution in [0.4, 0.5) is 11.4 Å². The minimum Gasteiger partial charge on any atom is -0.324 e. The number of carbonyl (C=O) groups excluding carboxylic acids is 1. The fourth-order valence-electron chi connectivity index (χ4n) is 2.95. The van der Waals surface area contributed by atoms with Gasteiger partial charge in [-0.25, -0.2) is 8.42 Å². The van der Waals surface area contributed by atoms with Gasteiger partial charge in [-0.05, 0) is 43.0 Å². The Kier molecular flexibility index (Phi) is 6.08. The number of benzene rings is 2. The number of nitrogens with one attached hydrogen (secondary N) is 1. The molecule has 26 heavy (non-hydrogen) atoms. The van der Waals surface area contributed by atoms with Gasteiger partial charge in [0.1, 0.15) is 6.04 Å². The van der Waals surface area contributed by atoms with Crippen molar-refractivity contribution in [3.63, 3.8) is 0 Å². The molecule has 5 nitrogen and oxygen atoms in total. The van der Waals surface area contributed by atoms with Crippen molar-refractivity contribution >= 4 is 27.3 Å². The maximum Gasteiger partial charge on any atom is 0.248 e. The van der Waals surface area contributed by atoms with E-state index in [1.165, 1.54) is 0 Å². The minimum absolute atomic E-state index is 0.237. The van der Waals surface area contributed by atoms with Crippen LogP contribution in [0.15, 0.2) is 48.5 Å². The van der Waals surface area contributed by atoms with Crippen LogP contribution in [-0.2, 0) is 14.8 Å². The zero-order valence-electron chi connectivity index (χ0n) is 15.9. The third-order valence-corrected chi connectivity index (χ3v) is 5.52. The van der Waals surface area contributed by atoms with E-state index in [9.17, 15) is 13.2 Å². The van der Waals surface area contributed by atoms with Gasteiger partial charge in [-0.15, -0.1) is 0 Å². The lowest BCUT2D eigenvalue weighted by molar-refractivity contribution is -0.116. The molecule has 0 bridgehead atoms. The highest BCUT2D eigenvalue weighted by Gasteiger charge is 2.29. The summed E-state index contributed by atoms with van der Waals surface area (Å²) in [6, 6.07) is 13.6. The summed E-state index contributed by atoms with van der Waals surface area (Å²) in [6.45, 7) is 7.63. The number of hydrogen-bond acceptors (Lipinski definition) is 3. The van der Waals surface area contributed by atoms with Gasteiger partial charge in [0.05, 0.1) is 11.9 Å². The third kappa shape index (κ3) is 4.43. The second-order valence-corrected chi connectivity index (χ2v) is 8.61. The summed E-state index contributed by atoms with van der Waals surface area (Å²) in [4.78, 5) is 12.9. The molecule has 0 saturated carbocycles. The van der Waals surface area contributed by atoms with Gasteiger partial charge in [-0.3, -0.25) is 9.10 Å². The number of amides is 1. The van der Waals surface area contributed by atoms with Gasteiger partial charge in [0.15, 0.2) is 0 Å². The van der Waals surface area contributed by atoms with Crippen molar-refractivity contribution < 1.29 is 13.2 Å². The zero-order valence-corrected chi connectivity index (χ0v) is 16.7. The van der Waals surface area contributed by atoms with Gasteiger partial charge < -0.3 is 5.32 Å². The number of para-hydroxylation sites is 2. The van der Waals surface area contributed by atoms with Crippen LogP contribution < -0.4 is 9.62 Å². The quantitative estimate of drug-likeness (QED) is 0.833. The number of aryl methyl sites for hydroxylation is 1. The zero-order chi connectivity index (χ0) is 19.5. The maximum absolute atomic E-state index is 12.9. The molecule has 0 saturated heterocycles. The highest BCUT2D eigenvalue weighted by atomic mass is 32.2. The highest BCUT2D eigenvalue weighted by molar-refractivity contribution is 7.92. The van der Waals surface area contributed by atoms with Crippen LogP contribution >= 0.6 is 0 Å². The Hall–Kier alpha value is -2.34. The molecule has 0 aliphatic carbocycles. The van der Waals surface area contributed by atoms with Crippen molar-refractivity contribution in [3.8, 4) is 0 Å². The van der Waals surface area contributed by atoms with E-state index in [-0.39, 0.29) is 11.8 Å². The van der Waals surface area contributed by atoms with E-state index in [1.54, 1.807) is 37.3 Å². The van der Waals surface area contributed by atoms with E-state index in [2.05, 4.69) is 19.2 Å². The van der Waals surface area contributed by atoms with Crippen LogP contribution in [0, 0.1) is 6.92 Å². The standard InChI is InChI=1S/C20H26N2O3S/c1-14(2)18-13-9-10-15(3)19(18)21-20(23)16(4)22(26(5,24)25)17-11-7-6-8-12-17/h6-14,16H,1-5H3,(H,21,23)/t16-/m0/s1. The SMILES string of the molecule is Cc1cccc(C(C)C)c1NC(=O)[C@H](C)N(c1ccccc1)S(C)(=O)=O.